The van der Waals surface area contributed by atoms with Crippen molar-refractivity contribution in [2.45, 2.75) is 14.7 Å². The van der Waals surface area contributed by atoms with Crippen molar-refractivity contribution in [1.82, 2.24) is 0 Å². The molecule has 0 bridgehead atoms. The van der Waals surface area contributed by atoms with Crippen LogP contribution < -0.4 is 49.6 Å². The summed E-state index contributed by atoms with van der Waals surface area (Å²) in [5.74, 6) is -1.73. The summed E-state index contributed by atoms with van der Waals surface area (Å²) >= 11 is 5.88. The number of nitrogens with one attached hydrogen (secondary N) is 4. The van der Waals surface area contributed by atoms with Crippen LogP contribution in [0.4, 0.5) is 27.5 Å². The number of phenols is 1. The molecule has 0 spiro atoms. The van der Waals surface area contributed by atoms with Gasteiger partial charge in [0.1, 0.15) is 15.9 Å². The SMILES string of the molecule is O=C(Nc1ccc2ccc(S(=O)(=O)Nc3ccc(Cl)c(C(=O)O)c3)cc2c1)Nc1ccc2c(O)cc(S(=O)(=O)Nc3cccc(S(=O)(=O)[O-])c3)cc2c1.[Na+]. The summed E-state index contributed by atoms with van der Waals surface area (Å²) < 4.78 is 91.1. The van der Waals surface area contributed by atoms with Crippen LogP contribution >= 0.6 is 11.6 Å². The number of anilines is 4. The number of aromatic hydroxyl groups is 1. The Morgan fingerprint density at radius 3 is 1.83 bits per heavy atom. The van der Waals surface area contributed by atoms with Crippen molar-refractivity contribution in [2.24, 2.45) is 0 Å². The van der Waals surface area contributed by atoms with Crippen LogP contribution in [0.2, 0.25) is 5.02 Å². The van der Waals surface area contributed by atoms with Crippen LogP contribution in [-0.4, -0.2) is 52.0 Å². The number of halogens is 1. The largest absolute Gasteiger partial charge is 1.00 e. The summed E-state index contributed by atoms with van der Waals surface area (Å²) in [6.07, 6.45) is 0. The van der Waals surface area contributed by atoms with Gasteiger partial charge in [-0.25, -0.2) is 34.8 Å². The molecule has 20 heteroatoms. The number of rotatable bonds is 10. The summed E-state index contributed by atoms with van der Waals surface area (Å²) in [7, 11) is -13.4. The summed E-state index contributed by atoms with van der Waals surface area (Å²) in [5, 5.41) is 26.6. The average Bonchev–Trinajstić information content (AvgIpc) is 3.08. The minimum Gasteiger partial charge on any atom is -0.744 e. The molecule has 2 amide bonds. The molecule has 6 rings (SSSR count). The fourth-order valence-electron chi connectivity index (χ4n) is 5.21. The average molecular weight is 819 g/mol. The number of fused-ring (bicyclic) bond motifs is 2. The van der Waals surface area contributed by atoms with Gasteiger partial charge in [-0.1, -0.05) is 29.8 Å². The van der Waals surface area contributed by atoms with E-state index in [1.807, 2.05) is 0 Å². The number of hydrogen-bond donors (Lipinski definition) is 6. The maximum absolute atomic E-state index is 13.1. The Bertz CT molecular complexity index is 2840. The monoisotopic (exact) mass is 818 g/mol. The molecule has 54 heavy (non-hydrogen) atoms. The van der Waals surface area contributed by atoms with Gasteiger partial charge in [0.25, 0.3) is 20.0 Å². The molecule has 0 radical (unpaired) electrons. The molecular weight excluding hydrogens is 795 g/mol. The maximum Gasteiger partial charge on any atom is 1.00 e. The third-order valence-electron chi connectivity index (χ3n) is 7.68. The Morgan fingerprint density at radius 2 is 1.17 bits per heavy atom. The van der Waals surface area contributed by atoms with E-state index in [-0.39, 0.29) is 78.6 Å². The summed E-state index contributed by atoms with van der Waals surface area (Å²) in [6, 6.07) is 22.8. The summed E-state index contributed by atoms with van der Waals surface area (Å²) in [4.78, 5) is 23.2. The van der Waals surface area contributed by atoms with Crippen LogP contribution in [0.15, 0.2) is 124 Å². The molecule has 0 aliphatic carbocycles. The first kappa shape index (κ1) is 40.3. The molecule has 0 fully saturated rings. The number of carboxylic acids is 1. The van der Waals surface area contributed by atoms with Gasteiger partial charge in [0.05, 0.1) is 31.0 Å². The zero-order valence-corrected chi connectivity index (χ0v) is 32.8. The predicted octanol–water partition coefficient (Wildman–Crippen LogP) is 3.20. The van der Waals surface area contributed by atoms with Crippen LogP contribution in [0.3, 0.4) is 0 Å². The zero-order chi connectivity index (χ0) is 38.3. The molecule has 15 nitrogen and oxygen atoms in total. The predicted molar refractivity (Wildman–Crippen MR) is 197 cm³/mol. The topological polar surface area (TPSA) is 248 Å². The number of carbonyl (C=O) groups is 2. The van der Waals surface area contributed by atoms with E-state index in [1.165, 1.54) is 66.7 Å². The fraction of sp³-hybridized carbons (Fsp3) is 0. The molecule has 6 aromatic rings. The van der Waals surface area contributed by atoms with Crippen LogP contribution in [0.25, 0.3) is 21.5 Å². The van der Waals surface area contributed by atoms with Crippen molar-refractivity contribution in [3.05, 3.63) is 120 Å². The number of carboxylic acid groups (broad SMARTS) is 1. The number of benzene rings is 6. The van der Waals surface area contributed by atoms with Gasteiger partial charge in [0.15, 0.2) is 0 Å². The molecule has 6 N–H and O–H groups in total. The molecule has 0 aliphatic rings. The van der Waals surface area contributed by atoms with Gasteiger partial charge >= 0.3 is 41.6 Å². The molecular formula is C34H24ClN4NaO11S3. The quantitative estimate of drug-likeness (QED) is 0.0865. The van der Waals surface area contributed by atoms with E-state index < -0.39 is 57.7 Å². The summed E-state index contributed by atoms with van der Waals surface area (Å²) in [6.45, 7) is 0. The molecule has 272 valence electrons. The first-order valence-corrected chi connectivity index (χ1v) is 19.7. The van der Waals surface area contributed by atoms with E-state index in [1.54, 1.807) is 18.2 Å². The van der Waals surface area contributed by atoms with Crippen molar-refractivity contribution in [3.63, 3.8) is 0 Å². The standard InChI is InChI=1S/C34H25ClN4O11S3.Na/c35-31-11-8-25(17-30(31)33(41)42)39-51(44,45)26-9-5-19-4-6-22(12-20(19)14-26)36-34(43)37-23-7-10-29-21(13-23)15-28(18-32(29)40)52(46,47)38-24-2-1-3-27(16-24)53(48,49)50;/h1-18,38-40H,(H,41,42)(H2,36,37,43)(H,48,49,50);/q;+1/p-1. The third kappa shape index (κ3) is 9.05. The van der Waals surface area contributed by atoms with Crippen molar-refractivity contribution in [1.29, 1.82) is 0 Å². The van der Waals surface area contributed by atoms with Gasteiger partial charge in [-0.15, -0.1) is 0 Å². The Balaban J connectivity index is 0.00000561. The van der Waals surface area contributed by atoms with Gasteiger partial charge in [-0.05, 0) is 101 Å². The van der Waals surface area contributed by atoms with Crippen molar-refractivity contribution < 1.29 is 79.2 Å². The number of amides is 2. The number of urea groups is 1. The smallest absolute Gasteiger partial charge is 0.744 e. The number of sulfonamides is 2. The second kappa shape index (κ2) is 15.4. The Morgan fingerprint density at radius 1 is 0.593 bits per heavy atom. The van der Waals surface area contributed by atoms with E-state index in [0.717, 1.165) is 24.3 Å². The van der Waals surface area contributed by atoms with Crippen molar-refractivity contribution >= 4 is 98.1 Å². The van der Waals surface area contributed by atoms with Gasteiger partial charge < -0.3 is 25.4 Å². The second-order valence-corrected chi connectivity index (χ2v) is 16.5. The molecule has 0 saturated heterocycles. The summed E-state index contributed by atoms with van der Waals surface area (Å²) in [5.41, 5.74) is -0.00785. The van der Waals surface area contributed by atoms with Crippen LogP contribution in [0, 0.1) is 0 Å². The van der Waals surface area contributed by atoms with Gasteiger partial charge in [-0.3, -0.25) is 9.44 Å². The maximum atomic E-state index is 13.1. The Hall–Kier alpha value is -4.92. The minimum atomic E-state index is -4.85. The molecule has 0 heterocycles. The second-order valence-electron chi connectivity index (χ2n) is 11.4. The normalized spacial score (nSPS) is 11.7. The van der Waals surface area contributed by atoms with E-state index in [2.05, 4.69) is 20.1 Å². The molecule has 0 aromatic heterocycles. The Kier molecular flexibility index (Phi) is 11.5. The molecule has 0 saturated carbocycles. The fourth-order valence-corrected chi connectivity index (χ4v) is 8.12. The van der Waals surface area contributed by atoms with Crippen LogP contribution in [0.1, 0.15) is 10.4 Å². The molecule has 6 aromatic carbocycles. The first-order chi connectivity index (χ1) is 24.9. The molecule has 0 unspecified atom stereocenters. The zero-order valence-electron chi connectivity index (χ0n) is 27.6. The minimum absolute atomic E-state index is 0. The number of carbonyl (C=O) groups excluding carboxylic acids is 1. The van der Waals surface area contributed by atoms with Crippen molar-refractivity contribution in [3.8, 4) is 5.75 Å². The van der Waals surface area contributed by atoms with Gasteiger partial charge in [0.2, 0.25) is 0 Å². The van der Waals surface area contributed by atoms with E-state index in [4.69, 9.17) is 11.6 Å². The Labute approximate surface area is 335 Å². The van der Waals surface area contributed by atoms with Crippen LogP contribution in [-0.2, 0) is 30.2 Å². The number of aromatic carboxylic acids is 1. The van der Waals surface area contributed by atoms with E-state index in [0.29, 0.717) is 10.8 Å². The van der Waals surface area contributed by atoms with Gasteiger partial charge in [0, 0.05) is 28.5 Å². The van der Waals surface area contributed by atoms with E-state index >= 15 is 0 Å². The van der Waals surface area contributed by atoms with Crippen LogP contribution in [0.5, 0.6) is 5.75 Å². The first-order valence-electron chi connectivity index (χ1n) is 14.9. The number of phenolic OH excluding ortho intramolecular Hbond substituents is 1. The van der Waals surface area contributed by atoms with Gasteiger partial charge in [-0.2, -0.15) is 0 Å². The third-order valence-corrected chi connectivity index (χ3v) is 11.6. The van der Waals surface area contributed by atoms with Crippen molar-refractivity contribution in [2.75, 3.05) is 20.1 Å². The van der Waals surface area contributed by atoms with E-state index in [9.17, 15) is 49.6 Å². The molecule has 0 aliphatic heterocycles. The molecule has 0 atom stereocenters. The number of hydrogen-bond acceptors (Lipinski definition) is 10.